The summed E-state index contributed by atoms with van der Waals surface area (Å²) in [6.45, 7) is 2.61. The van der Waals surface area contributed by atoms with Crippen molar-refractivity contribution in [2.75, 3.05) is 13.1 Å². The molecule has 4 nitrogen and oxygen atoms in total. The van der Waals surface area contributed by atoms with Gasteiger partial charge in [-0.15, -0.1) is 0 Å². The van der Waals surface area contributed by atoms with Crippen molar-refractivity contribution in [1.82, 2.24) is 4.31 Å². The van der Waals surface area contributed by atoms with Crippen molar-refractivity contribution in [2.45, 2.75) is 17.9 Å². The molecule has 0 bridgehead atoms. The monoisotopic (exact) mass is 336 g/mol. The van der Waals surface area contributed by atoms with Crippen LogP contribution in [0.4, 0.5) is 4.39 Å². The maximum atomic E-state index is 13.0. The zero-order chi connectivity index (χ0) is 13.5. The Labute approximate surface area is 114 Å². The number of sulfonamides is 1. The molecule has 0 amide bonds. The normalized spacial score (nSPS) is 25.6. The minimum Gasteiger partial charge on any atom is -0.326 e. The molecular weight excluding hydrogens is 323 g/mol. The molecule has 0 aliphatic carbocycles. The molecule has 0 saturated carbocycles. The van der Waals surface area contributed by atoms with Gasteiger partial charge in [-0.3, -0.25) is 0 Å². The average Bonchev–Trinajstić information content (AvgIpc) is 2.59. The highest BCUT2D eigenvalue weighted by Crippen LogP contribution is 2.29. The van der Waals surface area contributed by atoms with Crippen molar-refractivity contribution in [3.63, 3.8) is 0 Å². The van der Waals surface area contributed by atoms with E-state index in [4.69, 9.17) is 5.73 Å². The van der Waals surface area contributed by atoms with E-state index < -0.39 is 15.8 Å². The Morgan fingerprint density at radius 3 is 2.61 bits per heavy atom. The molecule has 0 spiro atoms. The topological polar surface area (TPSA) is 63.4 Å². The Morgan fingerprint density at radius 1 is 1.44 bits per heavy atom. The SMILES string of the molecule is CC1CN(S(=O)(=O)c2ccc(F)cc2Br)CC1N. The molecule has 2 unspecified atom stereocenters. The first kappa shape index (κ1) is 13.9. The van der Waals surface area contributed by atoms with Crippen LogP contribution in [0.3, 0.4) is 0 Å². The summed E-state index contributed by atoms with van der Waals surface area (Å²) >= 11 is 3.08. The van der Waals surface area contributed by atoms with E-state index in [1.807, 2.05) is 6.92 Å². The highest BCUT2D eigenvalue weighted by atomic mass is 79.9. The van der Waals surface area contributed by atoms with Gasteiger partial charge < -0.3 is 5.73 Å². The number of halogens is 2. The summed E-state index contributed by atoms with van der Waals surface area (Å²) < 4.78 is 39.3. The van der Waals surface area contributed by atoms with Gasteiger partial charge in [0.25, 0.3) is 0 Å². The van der Waals surface area contributed by atoms with Crippen LogP contribution in [0.2, 0.25) is 0 Å². The molecule has 2 atom stereocenters. The summed E-state index contributed by atoms with van der Waals surface area (Å²) in [5.74, 6) is -0.355. The molecule has 2 N–H and O–H groups in total. The number of nitrogens with zero attached hydrogens (tertiary/aromatic N) is 1. The molecule has 1 fully saturated rings. The van der Waals surface area contributed by atoms with Crippen molar-refractivity contribution < 1.29 is 12.8 Å². The molecule has 18 heavy (non-hydrogen) atoms. The molecule has 0 radical (unpaired) electrons. The van der Waals surface area contributed by atoms with E-state index in [1.54, 1.807) is 0 Å². The Hall–Kier alpha value is -0.500. The first-order valence-corrected chi connectivity index (χ1v) is 7.76. The second-order valence-electron chi connectivity index (χ2n) is 4.54. The third-order valence-corrected chi connectivity index (χ3v) is 5.96. The van der Waals surface area contributed by atoms with Gasteiger partial charge in [0.05, 0.1) is 4.90 Å². The van der Waals surface area contributed by atoms with Gasteiger partial charge in [0, 0.05) is 23.6 Å². The number of rotatable bonds is 2. The molecule has 100 valence electrons. The molecule has 1 aliphatic rings. The van der Waals surface area contributed by atoms with Gasteiger partial charge in [0.1, 0.15) is 5.82 Å². The maximum Gasteiger partial charge on any atom is 0.244 e. The minimum atomic E-state index is -3.61. The standard InChI is InChI=1S/C11H14BrFN2O2S/c1-7-5-15(6-10(7)14)18(16,17)11-3-2-8(13)4-9(11)12/h2-4,7,10H,5-6,14H2,1H3. The first-order valence-electron chi connectivity index (χ1n) is 5.53. The van der Waals surface area contributed by atoms with Gasteiger partial charge in [-0.05, 0) is 40.0 Å². The van der Waals surface area contributed by atoms with Gasteiger partial charge >= 0.3 is 0 Å². The van der Waals surface area contributed by atoms with Gasteiger partial charge in [-0.25, -0.2) is 12.8 Å². The van der Waals surface area contributed by atoms with E-state index in [1.165, 1.54) is 10.4 Å². The van der Waals surface area contributed by atoms with Crippen molar-refractivity contribution >= 4 is 26.0 Å². The zero-order valence-electron chi connectivity index (χ0n) is 9.81. The fourth-order valence-electron chi connectivity index (χ4n) is 1.97. The van der Waals surface area contributed by atoms with E-state index in [0.717, 1.165) is 12.1 Å². The third kappa shape index (κ3) is 2.45. The maximum absolute atomic E-state index is 13.0. The largest absolute Gasteiger partial charge is 0.326 e. The molecular formula is C11H14BrFN2O2S. The van der Waals surface area contributed by atoms with Crippen LogP contribution in [-0.2, 0) is 10.0 Å². The number of hydrogen-bond acceptors (Lipinski definition) is 3. The quantitative estimate of drug-likeness (QED) is 0.891. The van der Waals surface area contributed by atoms with E-state index in [9.17, 15) is 12.8 Å². The predicted molar refractivity (Wildman–Crippen MR) is 70.0 cm³/mol. The molecule has 0 aromatic heterocycles. The van der Waals surface area contributed by atoms with Crippen molar-refractivity contribution in [1.29, 1.82) is 0 Å². The van der Waals surface area contributed by atoms with Crippen LogP contribution in [0, 0.1) is 11.7 Å². The van der Waals surface area contributed by atoms with Crippen LogP contribution in [0.15, 0.2) is 27.6 Å². The lowest BCUT2D eigenvalue weighted by Crippen LogP contribution is -2.32. The molecule has 1 aromatic carbocycles. The molecule has 2 rings (SSSR count). The Morgan fingerprint density at radius 2 is 2.11 bits per heavy atom. The summed E-state index contributed by atoms with van der Waals surface area (Å²) in [7, 11) is -3.61. The summed E-state index contributed by atoms with van der Waals surface area (Å²) in [5.41, 5.74) is 5.83. The minimum absolute atomic E-state index is 0.0743. The third-order valence-electron chi connectivity index (χ3n) is 3.15. The molecule has 7 heteroatoms. The van der Waals surface area contributed by atoms with Crippen molar-refractivity contribution in [3.05, 3.63) is 28.5 Å². The number of hydrogen-bond donors (Lipinski definition) is 1. The van der Waals surface area contributed by atoms with Crippen LogP contribution in [0.1, 0.15) is 6.92 Å². The smallest absolute Gasteiger partial charge is 0.244 e. The Bertz CT molecular complexity index is 554. The molecule has 1 heterocycles. The highest BCUT2D eigenvalue weighted by molar-refractivity contribution is 9.10. The summed E-state index contributed by atoms with van der Waals surface area (Å²) in [6.07, 6.45) is 0. The Kier molecular flexibility index (Phi) is 3.77. The Balaban J connectivity index is 2.37. The van der Waals surface area contributed by atoms with Crippen LogP contribution < -0.4 is 5.73 Å². The molecule has 1 aliphatic heterocycles. The lowest BCUT2D eigenvalue weighted by molar-refractivity contribution is 0.463. The van der Waals surface area contributed by atoms with Gasteiger partial charge in [-0.2, -0.15) is 4.31 Å². The van der Waals surface area contributed by atoms with E-state index >= 15 is 0 Å². The molecule has 1 aromatic rings. The second kappa shape index (κ2) is 4.88. The molecule has 1 saturated heterocycles. The number of benzene rings is 1. The summed E-state index contributed by atoms with van der Waals surface area (Å²) in [5, 5.41) is 0. The average molecular weight is 337 g/mol. The lowest BCUT2D eigenvalue weighted by Gasteiger charge is -2.17. The number of nitrogens with two attached hydrogens (primary N) is 1. The van der Waals surface area contributed by atoms with Crippen LogP contribution >= 0.6 is 15.9 Å². The zero-order valence-corrected chi connectivity index (χ0v) is 12.2. The fraction of sp³-hybridized carbons (Fsp3) is 0.455. The fourth-order valence-corrected chi connectivity index (χ4v) is 4.55. The lowest BCUT2D eigenvalue weighted by atomic mass is 10.1. The van der Waals surface area contributed by atoms with Crippen LogP contribution in [0.5, 0.6) is 0 Å². The van der Waals surface area contributed by atoms with Gasteiger partial charge in [0.2, 0.25) is 10.0 Å². The van der Waals surface area contributed by atoms with Gasteiger partial charge in [-0.1, -0.05) is 6.92 Å². The summed E-state index contributed by atoms with van der Waals surface area (Å²) in [6, 6.07) is 3.39. The highest BCUT2D eigenvalue weighted by Gasteiger charge is 2.36. The summed E-state index contributed by atoms with van der Waals surface area (Å²) in [4.78, 5) is 0.0743. The van der Waals surface area contributed by atoms with E-state index in [0.29, 0.717) is 13.1 Å². The van der Waals surface area contributed by atoms with Crippen molar-refractivity contribution in [3.8, 4) is 0 Å². The van der Waals surface area contributed by atoms with Crippen LogP contribution in [0.25, 0.3) is 0 Å². The first-order chi connectivity index (χ1) is 8.32. The van der Waals surface area contributed by atoms with Crippen molar-refractivity contribution in [2.24, 2.45) is 11.7 Å². The second-order valence-corrected chi connectivity index (χ2v) is 7.30. The van der Waals surface area contributed by atoms with Crippen LogP contribution in [-0.4, -0.2) is 31.9 Å². The van der Waals surface area contributed by atoms with E-state index in [-0.39, 0.29) is 21.3 Å². The predicted octanol–water partition coefficient (Wildman–Crippen LogP) is 1.56. The van der Waals surface area contributed by atoms with Gasteiger partial charge in [0.15, 0.2) is 0 Å². The van der Waals surface area contributed by atoms with E-state index in [2.05, 4.69) is 15.9 Å².